The summed E-state index contributed by atoms with van der Waals surface area (Å²) in [6.45, 7) is 2.53. The van der Waals surface area contributed by atoms with Crippen molar-refractivity contribution in [2.75, 3.05) is 13.1 Å². The fourth-order valence-corrected chi connectivity index (χ4v) is 1.70. The predicted molar refractivity (Wildman–Crippen MR) is 56.2 cm³/mol. The van der Waals surface area contributed by atoms with Crippen molar-refractivity contribution in [3.05, 3.63) is 29.8 Å². The highest BCUT2D eigenvalue weighted by molar-refractivity contribution is 5.33. The summed E-state index contributed by atoms with van der Waals surface area (Å²) in [7, 11) is 0. The largest absolute Gasteiger partial charge is 0.489 e. The van der Waals surface area contributed by atoms with Crippen LogP contribution in [0.25, 0.3) is 0 Å². The molecule has 3 N–H and O–H groups in total. The SMILES string of the molecule is NCc1ccccc1OC1CCNC1. The summed E-state index contributed by atoms with van der Waals surface area (Å²) in [6, 6.07) is 7.97. The average Bonchev–Trinajstić information content (AvgIpc) is 2.71. The molecule has 14 heavy (non-hydrogen) atoms. The highest BCUT2D eigenvalue weighted by Gasteiger charge is 2.16. The van der Waals surface area contributed by atoms with Gasteiger partial charge < -0.3 is 15.8 Å². The Hall–Kier alpha value is -1.06. The smallest absolute Gasteiger partial charge is 0.124 e. The van der Waals surface area contributed by atoms with E-state index in [1.807, 2.05) is 24.3 Å². The van der Waals surface area contributed by atoms with Gasteiger partial charge in [-0.2, -0.15) is 0 Å². The molecule has 76 valence electrons. The number of hydrogen-bond donors (Lipinski definition) is 2. The first-order valence-electron chi connectivity index (χ1n) is 5.05. The van der Waals surface area contributed by atoms with Gasteiger partial charge in [0.15, 0.2) is 0 Å². The van der Waals surface area contributed by atoms with Crippen molar-refractivity contribution in [2.24, 2.45) is 5.73 Å². The fourth-order valence-electron chi connectivity index (χ4n) is 1.70. The summed E-state index contributed by atoms with van der Waals surface area (Å²) in [4.78, 5) is 0. The van der Waals surface area contributed by atoms with Gasteiger partial charge in [-0.25, -0.2) is 0 Å². The van der Waals surface area contributed by atoms with Crippen molar-refractivity contribution < 1.29 is 4.74 Å². The Balaban J connectivity index is 2.07. The van der Waals surface area contributed by atoms with Crippen LogP contribution in [0.15, 0.2) is 24.3 Å². The molecule has 1 aromatic carbocycles. The van der Waals surface area contributed by atoms with Crippen LogP contribution >= 0.6 is 0 Å². The molecule has 0 saturated carbocycles. The van der Waals surface area contributed by atoms with Gasteiger partial charge in [-0.15, -0.1) is 0 Å². The van der Waals surface area contributed by atoms with Crippen molar-refractivity contribution >= 4 is 0 Å². The Morgan fingerprint density at radius 1 is 1.43 bits per heavy atom. The molecule has 1 unspecified atom stereocenters. The first kappa shape index (κ1) is 9.49. The van der Waals surface area contributed by atoms with E-state index in [4.69, 9.17) is 10.5 Å². The number of hydrogen-bond acceptors (Lipinski definition) is 3. The molecule has 1 aromatic rings. The molecule has 1 aliphatic heterocycles. The third kappa shape index (κ3) is 2.05. The van der Waals surface area contributed by atoms with Crippen LogP contribution < -0.4 is 15.8 Å². The third-order valence-electron chi connectivity index (χ3n) is 2.50. The van der Waals surface area contributed by atoms with Gasteiger partial charge in [-0.3, -0.25) is 0 Å². The van der Waals surface area contributed by atoms with Crippen molar-refractivity contribution in [3.8, 4) is 5.75 Å². The van der Waals surface area contributed by atoms with E-state index in [0.717, 1.165) is 30.8 Å². The summed E-state index contributed by atoms with van der Waals surface area (Å²) in [6.07, 6.45) is 1.39. The van der Waals surface area contributed by atoms with Gasteiger partial charge in [0.1, 0.15) is 11.9 Å². The Labute approximate surface area is 84.3 Å². The van der Waals surface area contributed by atoms with Crippen molar-refractivity contribution in [3.63, 3.8) is 0 Å². The predicted octanol–water partition coefficient (Wildman–Crippen LogP) is 0.886. The lowest BCUT2D eigenvalue weighted by Crippen LogP contribution is -2.20. The molecule has 3 heteroatoms. The molecular formula is C11H16N2O. The van der Waals surface area contributed by atoms with E-state index < -0.39 is 0 Å². The van der Waals surface area contributed by atoms with Gasteiger partial charge in [0.25, 0.3) is 0 Å². The minimum Gasteiger partial charge on any atom is -0.489 e. The average molecular weight is 192 g/mol. The highest BCUT2D eigenvalue weighted by atomic mass is 16.5. The quantitative estimate of drug-likeness (QED) is 0.747. The minimum atomic E-state index is 0.308. The number of nitrogens with two attached hydrogens (primary N) is 1. The van der Waals surface area contributed by atoms with Gasteiger partial charge in [0, 0.05) is 18.7 Å². The van der Waals surface area contributed by atoms with E-state index in [9.17, 15) is 0 Å². The number of para-hydroxylation sites is 1. The molecule has 1 saturated heterocycles. The maximum absolute atomic E-state index is 5.85. The van der Waals surface area contributed by atoms with E-state index in [-0.39, 0.29) is 0 Å². The van der Waals surface area contributed by atoms with Gasteiger partial charge in [0.05, 0.1) is 0 Å². The zero-order valence-corrected chi connectivity index (χ0v) is 8.20. The summed E-state index contributed by atoms with van der Waals surface area (Å²) in [5.41, 5.74) is 6.71. The molecule has 0 aliphatic carbocycles. The Kier molecular flexibility index (Phi) is 3.01. The Morgan fingerprint density at radius 3 is 3.00 bits per heavy atom. The lowest BCUT2D eigenvalue weighted by atomic mass is 10.2. The van der Waals surface area contributed by atoms with Crippen LogP contribution in [0.5, 0.6) is 5.75 Å². The molecule has 1 atom stereocenters. The van der Waals surface area contributed by atoms with E-state index in [1.165, 1.54) is 0 Å². The molecule has 1 heterocycles. The molecular weight excluding hydrogens is 176 g/mol. The molecule has 0 radical (unpaired) electrons. The molecule has 0 amide bonds. The third-order valence-corrected chi connectivity index (χ3v) is 2.50. The van der Waals surface area contributed by atoms with E-state index in [0.29, 0.717) is 12.6 Å². The molecule has 3 nitrogen and oxygen atoms in total. The van der Waals surface area contributed by atoms with Gasteiger partial charge >= 0.3 is 0 Å². The first-order valence-corrected chi connectivity index (χ1v) is 5.05. The van der Waals surface area contributed by atoms with Crippen LogP contribution in [0.2, 0.25) is 0 Å². The van der Waals surface area contributed by atoms with Crippen LogP contribution in [0, 0.1) is 0 Å². The molecule has 2 rings (SSSR count). The maximum Gasteiger partial charge on any atom is 0.124 e. The molecule has 0 spiro atoms. The van der Waals surface area contributed by atoms with E-state index >= 15 is 0 Å². The second-order valence-corrected chi connectivity index (χ2v) is 3.54. The molecule has 1 fully saturated rings. The monoisotopic (exact) mass is 192 g/mol. The van der Waals surface area contributed by atoms with Crippen molar-refractivity contribution in [1.82, 2.24) is 5.32 Å². The normalized spacial score (nSPS) is 21.1. The number of benzene rings is 1. The van der Waals surface area contributed by atoms with Gasteiger partial charge in [0.2, 0.25) is 0 Å². The number of ether oxygens (including phenoxy) is 1. The summed E-state index contributed by atoms with van der Waals surface area (Å²) < 4.78 is 5.85. The zero-order chi connectivity index (χ0) is 9.80. The summed E-state index contributed by atoms with van der Waals surface area (Å²) in [5, 5.41) is 3.27. The zero-order valence-electron chi connectivity index (χ0n) is 8.20. The van der Waals surface area contributed by atoms with E-state index in [1.54, 1.807) is 0 Å². The first-order chi connectivity index (χ1) is 6.90. The molecule has 1 aliphatic rings. The second-order valence-electron chi connectivity index (χ2n) is 3.54. The molecule has 0 aromatic heterocycles. The number of nitrogens with one attached hydrogen (secondary N) is 1. The highest BCUT2D eigenvalue weighted by Crippen LogP contribution is 2.20. The molecule has 0 bridgehead atoms. The number of rotatable bonds is 3. The minimum absolute atomic E-state index is 0.308. The van der Waals surface area contributed by atoms with Crippen LogP contribution in [0.1, 0.15) is 12.0 Å². The summed E-state index contributed by atoms with van der Waals surface area (Å²) in [5.74, 6) is 0.934. The second kappa shape index (κ2) is 4.44. The van der Waals surface area contributed by atoms with Crippen LogP contribution in [-0.4, -0.2) is 19.2 Å². The Morgan fingerprint density at radius 2 is 2.29 bits per heavy atom. The Bertz CT molecular complexity index is 295. The lowest BCUT2D eigenvalue weighted by Gasteiger charge is -2.15. The maximum atomic E-state index is 5.85. The lowest BCUT2D eigenvalue weighted by molar-refractivity contribution is 0.221. The fraction of sp³-hybridized carbons (Fsp3) is 0.455. The van der Waals surface area contributed by atoms with Gasteiger partial charge in [-0.05, 0) is 19.0 Å². The summed E-state index contributed by atoms with van der Waals surface area (Å²) >= 11 is 0. The van der Waals surface area contributed by atoms with Crippen LogP contribution in [-0.2, 0) is 6.54 Å². The van der Waals surface area contributed by atoms with Crippen molar-refractivity contribution in [1.29, 1.82) is 0 Å². The van der Waals surface area contributed by atoms with Gasteiger partial charge in [-0.1, -0.05) is 18.2 Å². The standard InChI is InChI=1S/C11H16N2O/c12-7-9-3-1-2-4-11(9)14-10-5-6-13-8-10/h1-4,10,13H,5-8,12H2. The van der Waals surface area contributed by atoms with Crippen molar-refractivity contribution in [2.45, 2.75) is 19.1 Å². The van der Waals surface area contributed by atoms with Crippen LogP contribution in [0.4, 0.5) is 0 Å². The van der Waals surface area contributed by atoms with Crippen LogP contribution in [0.3, 0.4) is 0 Å². The topological polar surface area (TPSA) is 47.3 Å². The van der Waals surface area contributed by atoms with E-state index in [2.05, 4.69) is 5.32 Å².